The van der Waals surface area contributed by atoms with Gasteiger partial charge in [-0.3, -0.25) is 9.36 Å². The first-order chi connectivity index (χ1) is 17.0. The molecule has 0 aliphatic heterocycles. The van der Waals surface area contributed by atoms with Crippen molar-refractivity contribution in [2.24, 2.45) is 0 Å². The molecule has 9 heteroatoms. The number of fused-ring (bicyclic) bond motifs is 1. The van der Waals surface area contributed by atoms with E-state index in [1.54, 1.807) is 36.2 Å². The van der Waals surface area contributed by atoms with E-state index in [2.05, 4.69) is 31.9 Å². The fourth-order valence-corrected chi connectivity index (χ4v) is 5.91. The van der Waals surface area contributed by atoms with E-state index in [0.717, 1.165) is 31.0 Å². The molecule has 0 fully saturated rings. The molecule has 0 unspecified atom stereocenters. The highest BCUT2D eigenvalue weighted by molar-refractivity contribution is 9.11. The Morgan fingerprint density at radius 3 is 2.23 bits per heavy atom. The van der Waals surface area contributed by atoms with Gasteiger partial charge in [0.15, 0.2) is 0 Å². The number of hydrogen-bond donors (Lipinski definition) is 0. The number of aromatic nitrogens is 3. The number of nitrogens with zero attached hydrogens (tertiary/aromatic N) is 3. The predicted molar refractivity (Wildman–Crippen MR) is 146 cm³/mol. The Morgan fingerprint density at radius 1 is 0.914 bits per heavy atom. The number of methoxy groups -OCH3 is 2. The molecule has 0 aliphatic carbocycles. The minimum Gasteiger partial charge on any atom is -0.497 e. The van der Waals surface area contributed by atoms with Crippen LogP contribution >= 0.6 is 43.2 Å². The zero-order chi connectivity index (χ0) is 24.5. The lowest BCUT2D eigenvalue weighted by atomic mass is 10.2. The largest absolute Gasteiger partial charge is 0.497 e. The standard InChI is InChI=1S/C26H19Br2N3O3S/c1-33-18-7-3-15(4-8-18)22-14-35-24(29-22)13-23-30-25-20(11-16(27)12-21(25)28)26(32)31(23)17-5-9-19(34-2)10-6-17/h3-12,14H,13H2,1-2H3. The third-order valence-corrected chi connectivity index (χ3v) is 7.45. The van der Waals surface area contributed by atoms with Gasteiger partial charge in [0.25, 0.3) is 5.56 Å². The third kappa shape index (κ3) is 4.76. The SMILES string of the molecule is COc1ccc(-c2csc(Cc3nc4c(Br)cc(Br)cc4c(=O)n3-c3ccc(OC)cc3)n2)cc1. The molecule has 5 aromatic rings. The van der Waals surface area contributed by atoms with Gasteiger partial charge in [-0.05, 0) is 76.6 Å². The molecule has 2 heterocycles. The number of benzene rings is 3. The predicted octanol–water partition coefficient (Wildman–Crippen LogP) is 6.64. The molecule has 0 saturated carbocycles. The zero-order valence-electron chi connectivity index (χ0n) is 18.8. The highest BCUT2D eigenvalue weighted by Crippen LogP contribution is 2.29. The lowest BCUT2D eigenvalue weighted by Crippen LogP contribution is -2.24. The molecule has 176 valence electrons. The number of halogens is 2. The third-order valence-electron chi connectivity index (χ3n) is 5.54. The minimum atomic E-state index is -0.149. The highest BCUT2D eigenvalue weighted by Gasteiger charge is 2.17. The number of thiazole rings is 1. The Kier molecular flexibility index (Phi) is 6.73. The maximum atomic E-state index is 13.7. The summed E-state index contributed by atoms with van der Waals surface area (Å²) in [6.45, 7) is 0. The van der Waals surface area contributed by atoms with Gasteiger partial charge < -0.3 is 9.47 Å². The summed E-state index contributed by atoms with van der Waals surface area (Å²) in [4.78, 5) is 23.4. The van der Waals surface area contributed by atoms with E-state index in [0.29, 0.717) is 34.6 Å². The summed E-state index contributed by atoms with van der Waals surface area (Å²) in [6.07, 6.45) is 0.403. The van der Waals surface area contributed by atoms with E-state index >= 15 is 0 Å². The van der Waals surface area contributed by atoms with Crippen LogP contribution in [-0.2, 0) is 6.42 Å². The van der Waals surface area contributed by atoms with Crippen molar-refractivity contribution in [3.63, 3.8) is 0 Å². The first-order valence-corrected chi connectivity index (χ1v) is 13.1. The van der Waals surface area contributed by atoms with Crippen LogP contribution in [0.15, 0.2) is 79.8 Å². The van der Waals surface area contributed by atoms with Crippen LogP contribution in [0.2, 0.25) is 0 Å². The molecule has 0 spiro atoms. The maximum absolute atomic E-state index is 13.7. The van der Waals surface area contributed by atoms with Crippen LogP contribution in [0.25, 0.3) is 27.8 Å². The molecule has 6 nitrogen and oxygen atoms in total. The van der Waals surface area contributed by atoms with Gasteiger partial charge in [0.2, 0.25) is 0 Å². The van der Waals surface area contributed by atoms with Gasteiger partial charge in [-0.1, -0.05) is 15.9 Å². The molecule has 2 aromatic heterocycles. The molecular weight excluding hydrogens is 594 g/mol. The topological polar surface area (TPSA) is 66.2 Å². The molecule has 0 radical (unpaired) electrons. The van der Waals surface area contributed by atoms with Crippen LogP contribution in [0.1, 0.15) is 10.8 Å². The van der Waals surface area contributed by atoms with E-state index in [-0.39, 0.29) is 5.56 Å². The molecule has 5 rings (SSSR count). The number of ether oxygens (including phenoxy) is 2. The highest BCUT2D eigenvalue weighted by atomic mass is 79.9. The van der Waals surface area contributed by atoms with Gasteiger partial charge in [-0.15, -0.1) is 11.3 Å². The van der Waals surface area contributed by atoms with Crippen molar-refractivity contribution < 1.29 is 9.47 Å². The van der Waals surface area contributed by atoms with Crippen molar-refractivity contribution >= 4 is 54.1 Å². The van der Waals surface area contributed by atoms with Crippen LogP contribution in [0.4, 0.5) is 0 Å². The molecule has 0 atom stereocenters. The van der Waals surface area contributed by atoms with Gasteiger partial charge in [0.1, 0.15) is 22.3 Å². The molecule has 3 aromatic carbocycles. The first kappa shape index (κ1) is 23.7. The van der Waals surface area contributed by atoms with Crippen LogP contribution in [-0.4, -0.2) is 28.8 Å². The van der Waals surface area contributed by atoms with Gasteiger partial charge in [-0.2, -0.15) is 0 Å². The molecular formula is C26H19Br2N3O3S. The monoisotopic (exact) mass is 611 g/mol. The average Bonchev–Trinajstić information content (AvgIpc) is 3.34. The Bertz CT molecular complexity index is 1580. The summed E-state index contributed by atoms with van der Waals surface area (Å²) in [5.41, 5.74) is 3.05. The number of hydrogen-bond acceptors (Lipinski definition) is 6. The Labute approximate surface area is 222 Å². The minimum absolute atomic E-state index is 0.149. The Balaban J connectivity index is 1.62. The molecule has 0 bridgehead atoms. The van der Waals surface area contributed by atoms with Crippen molar-refractivity contribution in [2.45, 2.75) is 6.42 Å². The van der Waals surface area contributed by atoms with Crippen molar-refractivity contribution in [2.75, 3.05) is 14.2 Å². The van der Waals surface area contributed by atoms with E-state index in [1.165, 1.54) is 0 Å². The summed E-state index contributed by atoms with van der Waals surface area (Å²) < 4.78 is 13.7. The molecule has 0 aliphatic rings. The van der Waals surface area contributed by atoms with E-state index < -0.39 is 0 Å². The second-order valence-electron chi connectivity index (χ2n) is 7.68. The molecule has 0 N–H and O–H groups in total. The van der Waals surface area contributed by atoms with Gasteiger partial charge in [0.05, 0.1) is 42.9 Å². The van der Waals surface area contributed by atoms with Crippen LogP contribution < -0.4 is 15.0 Å². The quantitative estimate of drug-likeness (QED) is 0.215. The smallest absolute Gasteiger partial charge is 0.266 e. The van der Waals surface area contributed by atoms with Crippen molar-refractivity contribution in [1.29, 1.82) is 0 Å². The molecule has 0 amide bonds. The van der Waals surface area contributed by atoms with Crippen LogP contribution in [0.3, 0.4) is 0 Å². The maximum Gasteiger partial charge on any atom is 0.266 e. The lowest BCUT2D eigenvalue weighted by molar-refractivity contribution is 0.414. The van der Waals surface area contributed by atoms with Crippen molar-refractivity contribution in [1.82, 2.24) is 14.5 Å². The van der Waals surface area contributed by atoms with Crippen LogP contribution in [0, 0.1) is 0 Å². The summed E-state index contributed by atoms with van der Waals surface area (Å²) >= 11 is 8.59. The fraction of sp³-hybridized carbons (Fsp3) is 0.115. The van der Waals surface area contributed by atoms with E-state index in [9.17, 15) is 4.79 Å². The van der Waals surface area contributed by atoms with Gasteiger partial charge in [-0.25, -0.2) is 9.97 Å². The van der Waals surface area contributed by atoms with E-state index in [4.69, 9.17) is 19.4 Å². The molecule has 35 heavy (non-hydrogen) atoms. The van der Waals surface area contributed by atoms with E-state index in [1.807, 2.05) is 60.0 Å². The summed E-state index contributed by atoms with van der Waals surface area (Å²) in [6, 6.07) is 18.8. The first-order valence-electron chi connectivity index (χ1n) is 10.6. The van der Waals surface area contributed by atoms with Gasteiger partial charge >= 0.3 is 0 Å². The second kappa shape index (κ2) is 9.93. The number of rotatable bonds is 6. The Hall–Kier alpha value is -3.01. The fourth-order valence-electron chi connectivity index (χ4n) is 3.80. The summed E-state index contributed by atoms with van der Waals surface area (Å²) in [5, 5.41) is 3.39. The average molecular weight is 613 g/mol. The lowest BCUT2D eigenvalue weighted by Gasteiger charge is -2.14. The Morgan fingerprint density at radius 2 is 1.57 bits per heavy atom. The summed E-state index contributed by atoms with van der Waals surface area (Å²) in [5.74, 6) is 2.11. The molecule has 0 saturated heterocycles. The zero-order valence-corrected chi connectivity index (χ0v) is 22.8. The van der Waals surface area contributed by atoms with Crippen molar-refractivity contribution in [3.05, 3.63) is 96.2 Å². The van der Waals surface area contributed by atoms with Gasteiger partial charge in [0, 0.05) is 19.9 Å². The normalized spacial score (nSPS) is 11.1. The summed E-state index contributed by atoms with van der Waals surface area (Å²) in [7, 11) is 3.26. The van der Waals surface area contributed by atoms with Crippen molar-refractivity contribution in [3.8, 4) is 28.4 Å². The van der Waals surface area contributed by atoms with Crippen LogP contribution in [0.5, 0.6) is 11.5 Å². The second-order valence-corrected chi connectivity index (χ2v) is 10.4.